The van der Waals surface area contributed by atoms with E-state index in [2.05, 4.69) is 5.32 Å². The zero-order chi connectivity index (χ0) is 12.8. The zero-order valence-corrected chi connectivity index (χ0v) is 9.97. The van der Waals surface area contributed by atoms with Crippen LogP contribution in [0, 0.1) is 0 Å². The van der Waals surface area contributed by atoms with E-state index in [1.807, 2.05) is 0 Å². The minimum absolute atomic E-state index is 0.0152. The fraction of sp³-hybridized carbons (Fsp3) is 0.500. The SMILES string of the molecule is C[C@H](O)CNC(=O)c1ccc(CSC(F)F)o1. The average Bonchev–Trinajstić information content (AvgIpc) is 2.71. The summed E-state index contributed by atoms with van der Waals surface area (Å²) in [5.74, 6) is -2.55. The topological polar surface area (TPSA) is 62.5 Å². The van der Waals surface area contributed by atoms with Gasteiger partial charge in [-0.05, 0) is 19.1 Å². The van der Waals surface area contributed by atoms with Crippen molar-refractivity contribution < 1.29 is 23.1 Å². The Morgan fingerprint density at radius 2 is 2.29 bits per heavy atom. The van der Waals surface area contributed by atoms with Gasteiger partial charge in [0.05, 0.1) is 11.9 Å². The summed E-state index contributed by atoms with van der Waals surface area (Å²) in [5, 5.41) is 11.4. The third kappa shape index (κ3) is 5.18. The van der Waals surface area contributed by atoms with Gasteiger partial charge in [-0.15, -0.1) is 0 Å². The predicted molar refractivity (Wildman–Crippen MR) is 60.0 cm³/mol. The van der Waals surface area contributed by atoms with Crippen molar-refractivity contribution in [3.8, 4) is 0 Å². The Balaban J connectivity index is 2.46. The number of alkyl halides is 2. The highest BCUT2D eigenvalue weighted by Gasteiger charge is 2.12. The van der Waals surface area contributed by atoms with Gasteiger partial charge in [0.15, 0.2) is 5.76 Å². The first-order valence-corrected chi connectivity index (χ1v) is 5.98. The molecular formula is C10H13F2NO3S. The highest BCUT2D eigenvalue weighted by atomic mass is 32.2. The maximum absolute atomic E-state index is 11.9. The Labute approximate surface area is 101 Å². The van der Waals surface area contributed by atoms with Crippen LogP contribution < -0.4 is 5.32 Å². The summed E-state index contributed by atoms with van der Waals surface area (Å²) in [6.45, 7) is 1.65. The number of halogens is 2. The van der Waals surface area contributed by atoms with Crippen LogP contribution in [-0.4, -0.2) is 29.4 Å². The summed E-state index contributed by atoms with van der Waals surface area (Å²) in [4.78, 5) is 11.4. The fourth-order valence-corrected chi connectivity index (χ4v) is 1.50. The largest absolute Gasteiger partial charge is 0.455 e. The van der Waals surface area contributed by atoms with E-state index in [0.29, 0.717) is 17.5 Å². The van der Waals surface area contributed by atoms with Crippen LogP contribution in [0.2, 0.25) is 0 Å². The number of nitrogens with one attached hydrogen (secondary N) is 1. The van der Waals surface area contributed by atoms with Crippen molar-refractivity contribution in [2.24, 2.45) is 0 Å². The van der Waals surface area contributed by atoms with Gasteiger partial charge < -0.3 is 14.8 Å². The molecule has 0 aliphatic rings. The third-order valence-corrected chi connectivity index (χ3v) is 2.50. The molecule has 1 rings (SSSR count). The Morgan fingerprint density at radius 1 is 1.59 bits per heavy atom. The number of amides is 1. The lowest BCUT2D eigenvalue weighted by Crippen LogP contribution is -2.30. The lowest BCUT2D eigenvalue weighted by Gasteiger charge is -2.04. The normalized spacial score (nSPS) is 12.8. The molecule has 0 saturated carbocycles. The van der Waals surface area contributed by atoms with Crippen molar-refractivity contribution in [1.29, 1.82) is 0 Å². The van der Waals surface area contributed by atoms with Crippen molar-refractivity contribution in [3.05, 3.63) is 23.7 Å². The van der Waals surface area contributed by atoms with Crippen molar-refractivity contribution in [2.45, 2.75) is 24.5 Å². The zero-order valence-electron chi connectivity index (χ0n) is 9.15. The summed E-state index contributed by atoms with van der Waals surface area (Å²) in [6.07, 6.45) is -0.650. The summed E-state index contributed by atoms with van der Waals surface area (Å²) in [6, 6.07) is 2.89. The lowest BCUT2D eigenvalue weighted by atomic mass is 10.3. The molecule has 17 heavy (non-hydrogen) atoms. The number of carbonyl (C=O) groups excluding carboxylic acids is 1. The van der Waals surface area contributed by atoms with E-state index in [0.717, 1.165) is 0 Å². The predicted octanol–water partition coefficient (Wildman–Crippen LogP) is 1.85. The summed E-state index contributed by atoms with van der Waals surface area (Å²) < 4.78 is 28.9. The maximum atomic E-state index is 11.9. The Morgan fingerprint density at radius 3 is 2.88 bits per heavy atom. The summed E-state index contributed by atoms with van der Waals surface area (Å²) in [5.41, 5.74) is 0. The first-order chi connectivity index (χ1) is 7.99. The van der Waals surface area contributed by atoms with Crippen LogP contribution in [-0.2, 0) is 5.75 Å². The standard InChI is InChI=1S/C10H13F2NO3S/c1-6(14)4-13-9(15)8-3-2-7(16-8)5-17-10(11)12/h2-3,6,10,14H,4-5H2,1H3,(H,13,15)/t6-/m0/s1. The van der Waals surface area contributed by atoms with Crippen LogP contribution in [0.3, 0.4) is 0 Å². The molecule has 1 aromatic heterocycles. The number of hydrogen-bond acceptors (Lipinski definition) is 4. The molecular weight excluding hydrogens is 252 g/mol. The van der Waals surface area contributed by atoms with E-state index >= 15 is 0 Å². The average molecular weight is 265 g/mol. The molecule has 0 radical (unpaired) electrons. The molecule has 1 amide bonds. The second-order valence-corrected chi connectivity index (χ2v) is 4.38. The molecule has 4 nitrogen and oxygen atoms in total. The van der Waals surface area contributed by atoms with Crippen molar-refractivity contribution in [1.82, 2.24) is 5.32 Å². The van der Waals surface area contributed by atoms with Crippen LogP contribution in [0.1, 0.15) is 23.2 Å². The molecule has 0 spiro atoms. The first kappa shape index (κ1) is 14.0. The number of aliphatic hydroxyl groups is 1. The number of hydrogen-bond donors (Lipinski definition) is 2. The highest BCUT2D eigenvalue weighted by molar-refractivity contribution is 7.98. The molecule has 1 atom stereocenters. The smallest absolute Gasteiger partial charge is 0.287 e. The molecule has 0 saturated heterocycles. The number of furan rings is 1. The molecule has 0 aliphatic heterocycles. The molecule has 96 valence electrons. The van der Waals surface area contributed by atoms with Gasteiger partial charge in [-0.1, -0.05) is 11.8 Å². The van der Waals surface area contributed by atoms with E-state index in [-0.39, 0.29) is 18.1 Å². The minimum Gasteiger partial charge on any atom is -0.455 e. The third-order valence-electron chi connectivity index (χ3n) is 1.80. The molecule has 0 unspecified atom stereocenters. The van der Waals surface area contributed by atoms with Crippen LogP contribution in [0.25, 0.3) is 0 Å². The van der Waals surface area contributed by atoms with Crippen LogP contribution in [0.5, 0.6) is 0 Å². The van der Waals surface area contributed by atoms with Crippen LogP contribution in [0.15, 0.2) is 16.5 Å². The molecule has 0 fully saturated rings. The van der Waals surface area contributed by atoms with Gasteiger partial charge in [-0.2, -0.15) is 8.78 Å². The van der Waals surface area contributed by atoms with Gasteiger partial charge in [0, 0.05) is 6.54 Å². The highest BCUT2D eigenvalue weighted by Crippen LogP contribution is 2.21. The van der Waals surface area contributed by atoms with Crippen molar-refractivity contribution >= 4 is 17.7 Å². The Bertz CT molecular complexity index is 368. The molecule has 1 heterocycles. The van der Waals surface area contributed by atoms with Gasteiger partial charge in [-0.25, -0.2) is 0 Å². The number of thioether (sulfide) groups is 1. The molecule has 0 bridgehead atoms. The molecule has 2 N–H and O–H groups in total. The second-order valence-electron chi connectivity index (χ2n) is 3.40. The first-order valence-electron chi connectivity index (χ1n) is 4.93. The minimum atomic E-state index is -2.47. The number of rotatable bonds is 6. The van der Waals surface area contributed by atoms with Gasteiger partial charge in [-0.3, -0.25) is 4.79 Å². The van der Waals surface area contributed by atoms with E-state index < -0.39 is 17.8 Å². The van der Waals surface area contributed by atoms with Gasteiger partial charge in [0.1, 0.15) is 5.76 Å². The van der Waals surface area contributed by atoms with E-state index in [9.17, 15) is 13.6 Å². The molecule has 0 aromatic carbocycles. The van der Waals surface area contributed by atoms with E-state index in [1.54, 1.807) is 0 Å². The van der Waals surface area contributed by atoms with Crippen LogP contribution >= 0.6 is 11.8 Å². The van der Waals surface area contributed by atoms with Gasteiger partial charge >= 0.3 is 0 Å². The quantitative estimate of drug-likeness (QED) is 0.824. The number of carbonyl (C=O) groups is 1. The van der Waals surface area contributed by atoms with Gasteiger partial charge in [0.2, 0.25) is 0 Å². The Hall–Kier alpha value is -1.08. The van der Waals surface area contributed by atoms with Gasteiger partial charge in [0.25, 0.3) is 11.7 Å². The Kier molecular flexibility index (Phi) is 5.43. The summed E-state index contributed by atoms with van der Waals surface area (Å²) in [7, 11) is 0. The molecule has 0 aliphatic carbocycles. The lowest BCUT2D eigenvalue weighted by molar-refractivity contribution is 0.0895. The fourth-order valence-electron chi connectivity index (χ4n) is 1.05. The maximum Gasteiger partial charge on any atom is 0.287 e. The molecule has 1 aromatic rings. The summed E-state index contributed by atoms with van der Waals surface area (Å²) >= 11 is 0.429. The monoisotopic (exact) mass is 265 g/mol. The second kappa shape index (κ2) is 6.61. The number of aliphatic hydroxyl groups excluding tert-OH is 1. The van der Waals surface area contributed by atoms with E-state index in [4.69, 9.17) is 9.52 Å². The van der Waals surface area contributed by atoms with E-state index in [1.165, 1.54) is 19.1 Å². The van der Waals surface area contributed by atoms with Crippen LogP contribution in [0.4, 0.5) is 8.78 Å². The molecule has 7 heteroatoms. The van der Waals surface area contributed by atoms with Crippen molar-refractivity contribution in [2.75, 3.05) is 6.54 Å². The van der Waals surface area contributed by atoms with Crippen molar-refractivity contribution in [3.63, 3.8) is 0 Å².